The van der Waals surface area contributed by atoms with Crippen LogP contribution in [0.2, 0.25) is 0 Å². The first-order valence-electron chi connectivity index (χ1n) is 9.98. The minimum atomic E-state index is -1.18. The lowest BCUT2D eigenvalue weighted by molar-refractivity contribution is -0.164. The fraction of sp³-hybridized carbons (Fsp3) is 0.250. The predicted octanol–water partition coefficient (Wildman–Crippen LogP) is 3.71. The summed E-state index contributed by atoms with van der Waals surface area (Å²) in [7, 11) is 0. The van der Waals surface area contributed by atoms with Gasteiger partial charge in [0.25, 0.3) is 0 Å². The van der Waals surface area contributed by atoms with E-state index in [1.165, 1.54) is 0 Å². The summed E-state index contributed by atoms with van der Waals surface area (Å²) in [4.78, 5) is 48.7. The van der Waals surface area contributed by atoms with E-state index in [2.05, 4.69) is 0 Å². The average Bonchev–Trinajstić information content (AvgIpc) is 2.74. The summed E-state index contributed by atoms with van der Waals surface area (Å²) < 4.78 is 20.7. The maximum atomic E-state index is 12.3. The van der Waals surface area contributed by atoms with Gasteiger partial charge in [0.1, 0.15) is 11.5 Å². The second-order valence-corrected chi connectivity index (χ2v) is 7.44. The summed E-state index contributed by atoms with van der Waals surface area (Å²) in [5.74, 6) is -4.41. The van der Waals surface area contributed by atoms with Gasteiger partial charge in [-0.3, -0.25) is 0 Å². The molecule has 0 bridgehead atoms. The van der Waals surface area contributed by atoms with Gasteiger partial charge in [-0.2, -0.15) is 0 Å². The number of ether oxygens (including phenoxy) is 4. The molecule has 0 atom stereocenters. The van der Waals surface area contributed by atoms with Gasteiger partial charge >= 0.3 is 23.9 Å². The van der Waals surface area contributed by atoms with Crippen molar-refractivity contribution < 1.29 is 38.1 Å². The van der Waals surface area contributed by atoms with Gasteiger partial charge in [0.15, 0.2) is 0 Å². The second-order valence-electron chi connectivity index (χ2n) is 7.44. The molecule has 0 amide bonds. The van der Waals surface area contributed by atoms with Gasteiger partial charge < -0.3 is 18.9 Å². The van der Waals surface area contributed by atoms with Crippen LogP contribution in [0.4, 0.5) is 0 Å². The molecule has 0 fully saturated rings. The van der Waals surface area contributed by atoms with Crippen LogP contribution in [0.15, 0.2) is 48.5 Å². The Hall–Kier alpha value is -3.94. The highest BCUT2D eigenvalue weighted by Gasteiger charge is 2.26. The molecule has 166 valence electrons. The molecule has 3 rings (SSSR count). The van der Waals surface area contributed by atoms with E-state index in [1.807, 2.05) is 0 Å². The van der Waals surface area contributed by atoms with Crippen molar-refractivity contribution in [3.8, 4) is 11.5 Å². The van der Waals surface area contributed by atoms with Crippen molar-refractivity contribution in [1.29, 1.82) is 0 Å². The number of carbonyl (C=O) groups excluding carboxylic acids is 4. The number of carbonyl (C=O) groups is 4. The Bertz CT molecular complexity index is 1060. The third-order valence-corrected chi connectivity index (χ3v) is 4.24. The monoisotopic (exact) mass is 438 g/mol. The normalized spacial score (nSPS) is 10.9. The molecule has 8 heteroatoms. The first-order chi connectivity index (χ1) is 15.2. The summed E-state index contributed by atoms with van der Waals surface area (Å²) in [6.45, 7) is 6.46. The van der Waals surface area contributed by atoms with E-state index < -0.39 is 36.1 Å². The van der Waals surface area contributed by atoms with Crippen LogP contribution in [-0.4, -0.2) is 36.1 Å². The largest absolute Gasteiger partial charge is 0.455 e. The fourth-order valence-corrected chi connectivity index (χ4v) is 3.06. The van der Waals surface area contributed by atoms with Crippen molar-refractivity contribution in [2.24, 2.45) is 0 Å². The van der Waals surface area contributed by atoms with Crippen LogP contribution >= 0.6 is 0 Å². The first kappa shape index (κ1) is 22.7. The zero-order chi connectivity index (χ0) is 23.4. The molecule has 0 spiro atoms. The standard InChI is InChI=1S/C24H22O8/c1-13(2)29-21(25)23(27)31-19-15-9-5-7-11-17(15)20(18-12-8-6-10-16(18)19)32-24(28)22(26)30-14(3)4/h5-14H,1-4H3. The Labute approximate surface area is 184 Å². The van der Waals surface area contributed by atoms with Crippen molar-refractivity contribution in [3.63, 3.8) is 0 Å². The molecule has 0 aliphatic rings. The Morgan fingerprint density at radius 3 is 1.06 bits per heavy atom. The van der Waals surface area contributed by atoms with Crippen molar-refractivity contribution in [3.05, 3.63) is 48.5 Å². The maximum absolute atomic E-state index is 12.3. The third-order valence-electron chi connectivity index (χ3n) is 4.24. The van der Waals surface area contributed by atoms with E-state index >= 15 is 0 Å². The molecular weight excluding hydrogens is 416 g/mol. The molecule has 0 saturated carbocycles. The Morgan fingerprint density at radius 1 is 0.531 bits per heavy atom. The lowest BCUT2D eigenvalue weighted by Crippen LogP contribution is -2.26. The van der Waals surface area contributed by atoms with E-state index in [0.29, 0.717) is 21.5 Å². The number of rotatable bonds is 4. The van der Waals surface area contributed by atoms with Gasteiger partial charge in [0.2, 0.25) is 0 Å². The zero-order valence-corrected chi connectivity index (χ0v) is 18.0. The minimum Gasteiger partial charge on any atom is -0.455 e. The second kappa shape index (κ2) is 9.47. The molecule has 0 aliphatic heterocycles. The van der Waals surface area contributed by atoms with Crippen LogP contribution in [0.25, 0.3) is 21.5 Å². The van der Waals surface area contributed by atoms with E-state index in [4.69, 9.17) is 18.9 Å². The van der Waals surface area contributed by atoms with Crippen LogP contribution in [0, 0.1) is 0 Å². The van der Waals surface area contributed by atoms with Gasteiger partial charge in [0, 0.05) is 21.5 Å². The number of esters is 4. The lowest BCUT2D eigenvalue weighted by Gasteiger charge is -2.16. The summed E-state index contributed by atoms with van der Waals surface area (Å²) in [5, 5.41) is 1.60. The van der Waals surface area contributed by atoms with Crippen LogP contribution in [0.1, 0.15) is 27.7 Å². The molecule has 0 radical (unpaired) electrons. The Kier molecular flexibility index (Phi) is 6.73. The zero-order valence-electron chi connectivity index (χ0n) is 18.0. The fourth-order valence-electron chi connectivity index (χ4n) is 3.06. The summed E-state index contributed by atoms with van der Waals surface area (Å²) in [6.07, 6.45) is -0.980. The molecule has 0 saturated heterocycles. The van der Waals surface area contributed by atoms with Crippen molar-refractivity contribution >= 4 is 45.4 Å². The molecule has 0 heterocycles. The Balaban J connectivity index is 2.12. The van der Waals surface area contributed by atoms with Gasteiger partial charge in [-0.25, -0.2) is 19.2 Å². The number of fused-ring (bicyclic) bond motifs is 2. The third kappa shape index (κ3) is 4.85. The Morgan fingerprint density at radius 2 is 0.812 bits per heavy atom. The van der Waals surface area contributed by atoms with Crippen LogP contribution in [0.3, 0.4) is 0 Å². The topological polar surface area (TPSA) is 105 Å². The van der Waals surface area contributed by atoms with Crippen molar-refractivity contribution in [2.45, 2.75) is 39.9 Å². The predicted molar refractivity (Wildman–Crippen MR) is 115 cm³/mol. The van der Waals surface area contributed by atoms with Crippen molar-refractivity contribution in [2.75, 3.05) is 0 Å². The quantitative estimate of drug-likeness (QED) is 0.263. The molecule has 3 aromatic rings. The highest BCUT2D eigenvalue weighted by molar-refractivity contribution is 6.32. The van der Waals surface area contributed by atoms with Gasteiger partial charge in [0.05, 0.1) is 12.2 Å². The smallest absolute Gasteiger partial charge is 0.422 e. The first-order valence-corrected chi connectivity index (χ1v) is 9.98. The SMILES string of the molecule is CC(C)OC(=O)C(=O)Oc1c2ccccc2c(OC(=O)C(=O)OC(C)C)c2ccccc12. The van der Waals surface area contributed by atoms with E-state index in [9.17, 15) is 19.2 Å². The van der Waals surface area contributed by atoms with E-state index in [-0.39, 0.29) is 11.5 Å². The van der Waals surface area contributed by atoms with Crippen LogP contribution in [-0.2, 0) is 28.7 Å². The minimum absolute atomic E-state index is 0.103. The number of hydrogen-bond donors (Lipinski definition) is 0. The van der Waals surface area contributed by atoms with Crippen molar-refractivity contribution in [1.82, 2.24) is 0 Å². The number of benzene rings is 3. The number of hydrogen-bond acceptors (Lipinski definition) is 8. The molecule has 0 aliphatic carbocycles. The van der Waals surface area contributed by atoms with E-state index in [0.717, 1.165) is 0 Å². The summed E-state index contributed by atoms with van der Waals surface area (Å²) in [6, 6.07) is 13.3. The molecular formula is C24H22O8. The highest BCUT2D eigenvalue weighted by atomic mass is 16.6. The molecule has 32 heavy (non-hydrogen) atoms. The van der Waals surface area contributed by atoms with Gasteiger partial charge in [-0.15, -0.1) is 0 Å². The molecule has 8 nitrogen and oxygen atoms in total. The highest BCUT2D eigenvalue weighted by Crippen LogP contribution is 2.42. The molecule has 0 unspecified atom stereocenters. The van der Waals surface area contributed by atoms with E-state index in [1.54, 1.807) is 76.2 Å². The summed E-state index contributed by atoms with van der Waals surface area (Å²) in [5.41, 5.74) is 0. The van der Waals surface area contributed by atoms with Gasteiger partial charge in [-0.05, 0) is 27.7 Å². The average molecular weight is 438 g/mol. The lowest BCUT2D eigenvalue weighted by atomic mass is 10.0. The molecule has 3 aromatic carbocycles. The van der Waals surface area contributed by atoms with Crippen LogP contribution < -0.4 is 9.47 Å². The van der Waals surface area contributed by atoms with Crippen LogP contribution in [0.5, 0.6) is 11.5 Å². The summed E-state index contributed by atoms with van der Waals surface area (Å²) >= 11 is 0. The molecule has 0 aromatic heterocycles. The molecule has 0 N–H and O–H groups in total. The van der Waals surface area contributed by atoms with Gasteiger partial charge in [-0.1, -0.05) is 48.5 Å². The maximum Gasteiger partial charge on any atom is 0.422 e.